The monoisotopic (exact) mass is 509 g/mol. The van der Waals surface area contributed by atoms with Gasteiger partial charge in [-0.3, -0.25) is 0 Å². The SMILES string of the molecule is Cc1cccc(OCCn2c3nc4ccccc4nc3c3cc(Br)cc(Br)c32)c1. The minimum atomic E-state index is 0.541. The van der Waals surface area contributed by atoms with Gasteiger partial charge in [0.2, 0.25) is 0 Å². The van der Waals surface area contributed by atoms with E-state index in [0.29, 0.717) is 13.2 Å². The lowest BCUT2D eigenvalue weighted by atomic mass is 10.2. The summed E-state index contributed by atoms with van der Waals surface area (Å²) < 4.78 is 10.2. The van der Waals surface area contributed by atoms with Gasteiger partial charge in [-0.15, -0.1) is 0 Å². The molecule has 0 N–H and O–H groups in total. The number of para-hydroxylation sites is 2. The van der Waals surface area contributed by atoms with Gasteiger partial charge in [-0.25, -0.2) is 9.97 Å². The third kappa shape index (κ3) is 3.40. The highest BCUT2D eigenvalue weighted by molar-refractivity contribution is 9.11. The van der Waals surface area contributed by atoms with E-state index in [4.69, 9.17) is 14.7 Å². The van der Waals surface area contributed by atoms with Crippen molar-refractivity contribution in [3.05, 3.63) is 75.2 Å². The van der Waals surface area contributed by atoms with Crippen LogP contribution in [0.25, 0.3) is 33.1 Å². The number of aromatic nitrogens is 3. The molecule has 144 valence electrons. The molecular formula is C23H17Br2N3O. The number of rotatable bonds is 4. The third-order valence-electron chi connectivity index (χ3n) is 4.93. The van der Waals surface area contributed by atoms with Crippen molar-refractivity contribution in [3.8, 4) is 5.75 Å². The molecular weight excluding hydrogens is 494 g/mol. The van der Waals surface area contributed by atoms with Crippen LogP contribution >= 0.6 is 31.9 Å². The summed E-state index contributed by atoms with van der Waals surface area (Å²) in [6.45, 7) is 3.27. The molecule has 2 aromatic heterocycles. The maximum atomic E-state index is 6.02. The predicted octanol–water partition coefficient (Wildman–Crippen LogP) is 6.65. The van der Waals surface area contributed by atoms with Gasteiger partial charge in [0.25, 0.3) is 0 Å². The topological polar surface area (TPSA) is 39.9 Å². The van der Waals surface area contributed by atoms with Crippen LogP contribution in [-0.2, 0) is 6.54 Å². The van der Waals surface area contributed by atoms with Crippen LogP contribution < -0.4 is 4.74 Å². The molecule has 2 heterocycles. The highest BCUT2D eigenvalue weighted by Crippen LogP contribution is 2.35. The van der Waals surface area contributed by atoms with E-state index in [2.05, 4.69) is 61.5 Å². The summed E-state index contributed by atoms with van der Waals surface area (Å²) in [5.74, 6) is 0.879. The van der Waals surface area contributed by atoms with Gasteiger partial charge in [0, 0.05) is 14.3 Å². The summed E-state index contributed by atoms with van der Waals surface area (Å²) >= 11 is 7.34. The van der Waals surface area contributed by atoms with Gasteiger partial charge < -0.3 is 9.30 Å². The summed E-state index contributed by atoms with van der Waals surface area (Å²) in [5.41, 5.74) is 5.81. The normalized spacial score (nSPS) is 11.6. The largest absolute Gasteiger partial charge is 0.492 e. The Morgan fingerprint density at radius 3 is 2.52 bits per heavy atom. The molecule has 0 saturated carbocycles. The van der Waals surface area contributed by atoms with Crippen LogP contribution in [0.15, 0.2) is 69.6 Å². The second-order valence-corrected chi connectivity index (χ2v) is 8.75. The molecule has 0 unspecified atom stereocenters. The van der Waals surface area contributed by atoms with Crippen LogP contribution in [0.5, 0.6) is 5.75 Å². The molecule has 5 rings (SSSR count). The Kier molecular flexibility index (Phi) is 4.76. The summed E-state index contributed by atoms with van der Waals surface area (Å²) in [6, 6.07) is 20.2. The molecule has 0 radical (unpaired) electrons. The Labute approximate surface area is 184 Å². The Bertz CT molecular complexity index is 1380. The maximum Gasteiger partial charge on any atom is 0.160 e. The summed E-state index contributed by atoms with van der Waals surface area (Å²) in [6.07, 6.45) is 0. The number of nitrogens with zero attached hydrogens (tertiary/aromatic N) is 3. The van der Waals surface area contributed by atoms with Gasteiger partial charge in [-0.2, -0.15) is 0 Å². The van der Waals surface area contributed by atoms with Gasteiger partial charge in [0.05, 0.1) is 23.1 Å². The minimum Gasteiger partial charge on any atom is -0.492 e. The average molecular weight is 511 g/mol. The molecule has 0 bridgehead atoms. The van der Waals surface area contributed by atoms with Gasteiger partial charge in [-0.05, 0) is 64.8 Å². The Balaban J connectivity index is 1.64. The van der Waals surface area contributed by atoms with Gasteiger partial charge in [0.1, 0.15) is 17.9 Å². The zero-order valence-electron chi connectivity index (χ0n) is 15.7. The number of benzene rings is 3. The summed E-state index contributed by atoms with van der Waals surface area (Å²) in [5, 5.41) is 1.06. The first-order valence-corrected chi connectivity index (χ1v) is 10.9. The molecule has 0 fully saturated rings. The lowest BCUT2D eigenvalue weighted by Gasteiger charge is -2.10. The highest BCUT2D eigenvalue weighted by atomic mass is 79.9. The molecule has 4 nitrogen and oxygen atoms in total. The number of ether oxygens (including phenoxy) is 1. The third-order valence-corrected chi connectivity index (χ3v) is 6.00. The number of aryl methyl sites for hydroxylation is 1. The Hall–Kier alpha value is -2.44. The van der Waals surface area contributed by atoms with Crippen molar-refractivity contribution in [3.63, 3.8) is 0 Å². The zero-order chi connectivity index (χ0) is 20.0. The van der Waals surface area contributed by atoms with Crippen molar-refractivity contribution >= 4 is 65.0 Å². The number of halogens is 2. The summed E-state index contributed by atoms with van der Waals surface area (Å²) in [7, 11) is 0. The van der Waals surface area contributed by atoms with Crippen molar-refractivity contribution in [1.29, 1.82) is 0 Å². The quantitative estimate of drug-likeness (QED) is 0.271. The zero-order valence-corrected chi connectivity index (χ0v) is 18.9. The number of fused-ring (bicyclic) bond motifs is 4. The first-order chi connectivity index (χ1) is 14.1. The molecule has 0 aliphatic carbocycles. The van der Waals surface area contributed by atoms with E-state index >= 15 is 0 Å². The minimum absolute atomic E-state index is 0.541. The van der Waals surface area contributed by atoms with Gasteiger partial charge in [0.15, 0.2) is 5.65 Å². The second kappa shape index (κ2) is 7.43. The standard InChI is InChI=1S/C23H17Br2N3O/c1-14-5-4-6-16(11-14)29-10-9-28-22-17(12-15(24)13-18(22)25)21-23(28)27-20-8-3-2-7-19(20)26-21/h2-8,11-13H,9-10H2,1H3. The average Bonchev–Trinajstić information content (AvgIpc) is 2.99. The molecule has 0 saturated heterocycles. The van der Waals surface area contributed by atoms with E-state index in [1.54, 1.807) is 0 Å². The van der Waals surface area contributed by atoms with E-state index in [1.165, 1.54) is 5.56 Å². The molecule has 3 aromatic carbocycles. The van der Waals surface area contributed by atoms with Crippen molar-refractivity contribution in [2.75, 3.05) is 6.61 Å². The van der Waals surface area contributed by atoms with Crippen LogP contribution in [-0.4, -0.2) is 21.1 Å². The lowest BCUT2D eigenvalue weighted by molar-refractivity contribution is 0.302. The van der Waals surface area contributed by atoms with Gasteiger partial charge >= 0.3 is 0 Å². The van der Waals surface area contributed by atoms with Crippen molar-refractivity contribution < 1.29 is 4.74 Å². The maximum absolute atomic E-state index is 6.02. The lowest BCUT2D eigenvalue weighted by Crippen LogP contribution is -2.09. The molecule has 5 aromatic rings. The van der Waals surface area contributed by atoms with Crippen LogP contribution in [0, 0.1) is 6.92 Å². The van der Waals surface area contributed by atoms with E-state index in [9.17, 15) is 0 Å². The first kappa shape index (κ1) is 18.6. The van der Waals surface area contributed by atoms with Crippen LogP contribution in [0.2, 0.25) is 0 Å². The Morgan fingerprint density at radius 1 is 0.931 bits per heavy atom. The Morgan fingerprint density at radius 2 is 1.72 bits per heavy atom. The van der Waals surface area contributed by atoms with E-state index in [1.807, 2.05) is 42.5 Å². The van der Waals surface area contributed by atoms with Crippen molar-refractivity contribution in [1.82, 2.24) is 14.5 Å². The fourth-order valence-corrected chi connectivity index (χ4v) is 5.10. The number of hydrogen-bond acceptors (Lipinski definition) is 3. The molecule has 0 spiro atoms. The highest BCUT2D eigenvalue weighted by Gasteiger charge is 2.17. The summed E-state index contributed by atoms with van der Waals surface area (Å²) in [4.78, 5) is 9.85. The van der Waals surface area contributed by atoms with E-state index in [-0.39, 0.29) is 0 Å². The van der Waals surface area contributed by atoms with Crippen LogP contribution in [0.3, 0.4) is 0 Å². The first-order valence-electron chi connectivity index (χ1n) is 9.33. The smallest absolute Gasteiger partial charge is 0.160 e. The molecule has 0 aliphatic rings. The molecule has 29 heavy (non-hydrogen) atoms. The molecule has 6 heteroatoms. The second-order valence-electron chi connectivity index (χ2n) is 6.98. The van der Waals surface area contributed by atoms with Crippen LogP contribution in [0.4, 0.5) is 0 Å². The van der Waals surface area contributed by atoms with Crippen molar-refractivity contribution in [2.45, 2.75) is 13.5 Å². The van der Waals surface area contributed by atoms with Crippen molar-refractivity contribution in [2.24, 2.45) is 0 Å². The molecule has 0 atom stereocenters. The predicted molar refractivity (Wildman–Crippen MR) is 125 cm³/mol. The van der Waals surface area contributed by atoms with Gasteiger partial charge in [-0.1, -0.05) is 40.2 Å². The van der Waals surface area contributed by atoms with E-state index < -0.39 is 0 Å². The van der Waals surface area contributed by atoms with Crippen LogP contribution in [0.1, 0.15) is 5.56 Å². The van der Waals surface area contributed by atoms with E-state index in [0.717, 1.165) is 47.8 Å². The molecule has 0 amide bonds. The molecule has 0 aliphatic heterocycles. The fraction of sp³-hybridized carbons (Fsp3) is 0.130. The number of hydrogen-bond donors (Lipinski definition) is 0. The fourth-order valence-electron chi connectivity index (χ4n) is 3.66.